The van der Waals surface area contributed by atoms with Crippen LogP contribution in [0.4, 0.5) is 0 Å². The van der Waals surface area contributed by atoms with Gasteiger partial charge in [0.25, 0.3) is 0 Å². The first-order chi connectivity index (χ1) is 8.20. The fourth-order valence-corrected chi connectivity index (χ4v) is 2.06. The molecule has 106 valence electrons. The first kappa shape index (κ1) is 15.4. The smallest absolute Gasteiger partial charge is 0.230 e. The molecule has 0 bridgehead atoms. The SMILES string of the molecule is CCN(CC1CCCO1)C(=O)C(C)(C)C(C)(C)N. The zero-order chi connectivity index (χ0) is 14.0. The lowest BCUT2D eigenvalue weighted by Gasteiger charge is -2.41. The summed E-state index contributed by atoms with van der Waals surface area (Å²) in [6.07, 6.45) is 2.35. The molecule has 1 saturated heterocycles. The molecule has 0 aromatic carbocycles. The van der Waals surface area contributed by atoms with Crippen molar-refractivity contribution in [2.75, 3.05) is 19.7 Å². The van der Waals surface area contributed by atoms with E-state index in [0.29, 0.717) is 13.1 Å². The van der Waals surface area contributed by atoms with Crippen LogP contribution in [0.5, 0.6) is 0 Å². The number of ether oxygens (including phenoxy) is 1. The molecule has 0 aromatic heterocycles. The van der Waals surface area contributed by atoms with Crippen molar-refractivity contribution in [3.8, 4) is 0 Å². The molecular weight excluding hydrogens is 228 g/mol. The molecule has 1 fully saturated rings. The van der Waals surface area contributed by atoms with Gasteiger partial charge in [0.1, 0.15) is 0 Å². The highest BCUT2D eigenvalue weighted by atomic mass is 16.5. The number of carbonyl (C=O) groups is 1. The third-order valence-corrected chi connectivity index (χ3v) is 4.26. The molecular formula is C14H28N2O2. The third kappa shape index (κ3) is 3.23. The molecule has 1 rings (SSSR count). The Morgan fingerprint density at radius 3 is 2.39 bits per heavy atom. The van der Waals surface area contributed by atoms with Crippen molar-refractivity contribution in [1.29, 1.82) is 0 Å². The highest BCUT2D eigenvalue weighted by Gasteiger charge is 2.42. The summed E-state index contributed by atoms with van der Waals surface area (Å²) in [5, 5.41) is 0. The molecule has 0 saturated carbocycles. The van der Waals surface area contributed by atoms with Gasteiger partial charge in [-0.1, -0.05) is 0 Å². The molecule has 0 aromatic rings. The summed E-state index contributed by atoms with van der Waals surface area (Å²) in [6, 6.07) is 0. The number of amides is 1. The topological polar surface area (TPSA) is 55.6 Å². The van der Waals surface area contributed by atoms with Crippen molar-refractivity contribution in [3.63, 3.8) is 0 Å². The molecule has 4 heteroatoms. The summed E-state index contributed by atoms with van der Waals surface area (Å²) in [5.74, 6) is 0.119. The molecule has 0 radical (unpaired) electrons. The molecule has 1 atom stereocenters. The Bertz CT molecular complexity index is 289. The monoisotopic (exact) mass is 256 g/mol. The van der Waals surface area contributed by atoms with Crippen LogP contribution in [0.3, 0.4) is 0 Å². The number of hydrogen-bond acceptors (Lipinski definition) is 3. The fraction of sp³-hybridized carbons (Fsp3) is 0.929. The number of hydrogen-bond donors (Lipinski definition) is 1. The average molecular weight is 256 g/mol. The molecule has 0 aliphatic carbocycles. The van der Waals surface area contributed by atoms with Gasteiger partial charge in [-0.2, -0.15) is 0 Å². The molecule has 1 aliphatic heterocycles. The normalized spacial score (nSPS) is 21.1. The van der Waals surface area contributed by atoms with E-state index in [-0.39, 0.29) is 12.0 Å². The zero-order valence-corrected chi connectivity index (χ0v) is 12.5. The number of likely N-dealkylation sites (N-methyl/N-ethyl adjacent to an activating group) is 1. The second kappa shape index (κ2) is 5.57. The lowest BCUT2D eigenvalue weighted by atomic mass is 9.74. The Morgan fingerprint density at radius 2 is 2.00 bits per heavy atom. The second-order valence-corrected chi connectivity index (χ2v) is 6.33. The Labute approximate surface area is 111 Å². The Morgan fingerprint density at radius 1 is 1.39 bits per heavy atom. The van der Waals surface area contributed by atoms with Crippen LogP contribution in [0, 0.1) is 5.41 Å². The van der Waals surface area contributed by atoms with E-state index >= 15 is 0 Å². The van der Waals surface area contributed by atoms with Crippen LogP contribution in [0.15, 0.2) is 0 Å². The molecule has 2 N–H and O–H groups in total. The zero-order valence-electron chi connectivity index (χ0n) is 12.5. The van der Waals surface area contributed by atoms with E-state index in [2.05, 4.69) is 0 Å². The van der Waals surface area contributed by atoms with Crippen LogP contribution in [-0.2, 0) is 9.53 Å². The molecule has 18 heavy (non-hydrogen) atoms. The number of nitrogens with zero attached hydrogens (tertiary/aromatic N) is 1. The van der Waals surface area contributed by atoms with Crippen LogP contribution in [0.25, 0.3) is 0 Å². The second-order valence-electron chi connectivity index (χ2n) is 6.33. The van der Waals surface area contributed by atoms with Gasteiger partial charge in [-0.25, -0.2) is 0 Å². The average Bonchev–Trinajstić information content (AvgIpc) is 2.75. The standard InChI is InChI=1S/C14H28N2O2/c1-6-16(10-11-8-7-9-18-11)12(17)13(2,3)14(4,5)15/h11H,6-10,15H2,1-5H3. The summed E-state index contributed by atoms with van der Waals surface area (Å²) >= 11 is 0. The van der Waals surface area contributed by atoms with Crippen LogP contribution >= 0.6 is 0 Å². The van der Waals surface area contributed by atoms with E-state index in [9.17, 15) is 4.79 Å². The molecule has 4 nitrogen and oxygen atoms in total. The molecule has 1 amide bonds. The van der Waals surface area contributed by atoms with Gasteiger partial charge in [-0.05, 0) is 47.5 Å². The quantitative estimate of drug-likeness (QED) is 0.815. The molecule has 0 spiro atoms. The van der Waals surface area contributed by atoms with Gasteiger partial charge in [0.2, 0.25) is 5.91 Å². The number of rotatable bonds is 5. The lowest BCUT2D eigenvalue weighted by Crippen LogP contribution is -2.57. The minimum atomic E-state index is -0.568. The summed E-state index contributed by atoms with van der Waals surface area (Å²) in [5.41, 5.74) is 5.03. The summed E-state index contributed by atoms with van der Waals surface area (Å²) in [7, 11) is 0. The molecule has 1 aliphatic rings. The molecule has 1 heterocycles. The van der Waals surface area contributed by atoms with Crippen LogP contribution in [0.1, 0.15) is 47.5 Å². The fourth-order valence-electron chi connectivity index (χ4n) is 2.06. The van der Waals surface area contributed by atoms with E-state index in [1.807, 2.05) is 39.5 Å². The van der Waals surface area contributed by atoms with Gasteiger partial charge in [-0.3, -0.25) is 4.79 Å². The minimum Gasteiger partial charge on any atom is -0.376 e. The van der Waals surface area contributed by atoms with Gasteiger partial charge in [-0.15, -0.1) is 0 Å². The van der Waals surface area contributed by atoms with Gasteiger partial charge in [0.05, 0.1) is 11.5 Å². The van der Waals surface area contributed by atoms with Crippen LogP contribution < -0.4 is 5.73 Å². The first-order valence-corrected chi connectivity index (χ1v) is 6.90. The Kier molecular flexibility index (Phi) is 4.78. The summed E-state index contributed by atoms with van der Waals surface area (Å²) in [6.45, 7) is 11.9. The maximum atomic E-state index is 12.6. The van der Waals surface area contributed by atoms with Crippen LogP contribution in [-0.4, -0.2) is 42.1 Å². The predicted molar refractivity (Wildman–Crippen MR) is 73.3 cm³/mol. The van der Waals surface area contributed by atoms with E-state index in [1.165, 1.54) is 0 Å². The van der Waals surface area contributed by atoms with E-state index in [0.717, 1.165) is 19.4 Å². The van der Waals surface area contributed by atoms with Crippen molar-refractivity contribution in [2.45, 2.75) is 59.1 Å². The van der Waals surface area contributed by atoms with Crippen molar-refractivity contribution in [2.24, 2.45) is 11.1 Å². The first-order valence-electron chi connectivity index (χ1n) is 6.90. The van der Waals surface area contributed by atoms with Crippen molar-refractivity contribution in [1.82, 2.24) is 4.90 Å². The maximum Gasteiger partial charge on any atom is 0.230 e. The van der Waals surface area contributed by atoms with Gasteiger partial charge < -0.3 is 15.4 Å². The highest BCUT2D eigenvalue weighted by molar-refractivity contribution is 5.83. The maximum absolute atomic E-state index is 12.6. The van der Waals surface area contributed by atoms with Crippen LogP contribution in [0.2, 0.25) is 0 Å². The van der Waals surface area contributed by atoms with Gasteiger partial charge in [0.15, 0.2) is 0 Å². The Hall–Kier alpha value is -0.610. The summed E-state index contributed by atoms with van der Waals surface area (Å²) in [4.78, 5) is 14.5. The minimum absolute atomic E-state index is 0.119. The number of carbonyl (C=O) groups excluding carboxylic acids is 1. The van der Waals surface area contributed by atoms with Gasteiger partial charge >= 0.3 is 0 Å². The lowest BCUT2D eigenvalue weighted by molar-refractivity contribution is -0.144. The van der Waals surface area contributed by atoms with E-state index in [1.54, 1.807) is 0 Å². The number of nitrogens with two attached hydrogens (primary N) is 1. The highest BCUT2D eigenvalue weighted by Crippen LogP contribution is 2.31. The third-order valence-electron chi connectivity index (χ3n) is 4.26. The van der Waals surface area contributed by atoms with Crippen molar-refractivity contribution >= 4 is 5.91 Å². The largest absolute Gasteiger partial charge is 0.376 e. The van der Waals surface area contributed by atoms with Crippen molar-refractivity contribution in [3.05, 3.63) is 0 Å². The van der Waals surface area contributed by atoms with E-state index < -0.39 is 11.0 Å². The van der Waals surface area contributed by atoms with E-state index in [4.69, 9.17) is 10.5 Å². The van der Waals surface area contributed by atoms with Crippen molar-refractivity contribution < 1.29 is 9.53 Å². The van der Waals surface area contributed by atoms with Gasteiger partial charge in [0, 0.05) is 25.2 Å². The molecule has 1 unspecified atom stereocenters. The Balaban J connectivity index is 2.72. The predicted octanol–water partition coefficient (Wildman–Crippen LogP) is 1.78. The summed E-state index contributed by atoms with van der Waals surface area (Å²) < 4.78 is 5.61.